The lowest BCUT2D eigenvalue weighted by atomic mass is 9.96. The van der Waals surface area contributed by atoms with Crippen LogP contribution in [-0.4, -0.2) is 28.7 Å². The number of hydrogen-bond donors (Lipinski definition) is 1. The first-order valence-corrected chi connectivity index (χ1v) is 11.0. The number of carbonyl (C=O) groups is 2. The summed E-state index contributed by atoms with van der Waals surface area (Å²) >= 11 is 13.7. The zero-order chi connectivity index (χ0) is 20.5. The van der Waals surface area contributed by atoms with Gasteiger partial charge < -0.3 is 4.90 Å². The van der Waals surface area contributed by atoms with Gasteiger partial charge in [-0.05, 0) is 60.7 Å². The van der Waals surface area contributed by atoms with Gasteiger partial charge in [-0.3, -0.25) is 9.59 Å². The average Bonchev–Trinajstić information content (AvgIpc) is 2.70. The second kappa shape index (κ2) is 8.38. The van der Waals surface area contributed by atoms with Crippen molar-refractivity contribution in [3.05, 3.63) is 63.1 Å². The Hall–Kier alpha value is -2.02. The molecule has 2 aromatic rings. The normalized spacial score (nSPS) is 18.7. The molecule has 0 spiro atoms. The fourth-order valence-electron chi connectivity index (χ4n) is 3.70. The third-order valence-electron chi connectivity index (χ3n) is 5.12. The molecule has 0 radical (unpaired) electrons. The van der Waals surface area contributed by atoms with Gasteiger partial charge in [0.05, 0.1) is 17.4 Å². The number of fused-ring (bicyclic) bond motifs is 1. The largest absolute Gasteiger partial charge is 0.312 e. The van der Waals surface area contributed by atoms with Gasteiger partial charge in [0.15, 0.2) is 0 Å². The number of benzene rings is 2. The first-order chi connectivity index (χ1) is 13.9. The molecule has 1 N–H and O–H groups in total. The predicted octanol–water partition coefficient (Wildman–Crippen LogP) is 5.06. The number of amides is 2. The number of nitrogens with zero attached hydrogens (tertiary/aromatic N) is 2. The topological polar surface area (TPSA) is 61.8 Å². The minimum absolute atomic E-state index is 0.0227. The fourth-order valence-corrected chi connectivity index (χ4v) is 4.95. The van der Waals surface area contributed by atoms with Crippen LogP contribution in [0.1, 0.15) is 30.0 Å². The Morgan fingerprint density at radius 1 is 1.28 bits per heavy atom. The lowest BCUT2D eigenvalue weighted by molar-refractivity contribution is -0.118. The van der Waals surface area contributed by atoms with E-state index < -0.39 is 0 Å². The Morgan fingerprint density at radius 3 is 2.76 bits per heavy atom. The van der Waals surface area contributed by atoms with Crippen molar-refractivity contribution in [2.45, 2.75) is 31.4 Å². The molecular weight excluding hydrogens is 429 g/mol. The molecule has 0 fully saturated rings. The van der Waals surface area contributed by atoms with Crippen LogP contribution in [0.5, 0.6) is 0 Å². The number of rotatable bonds is 3. The molecular formula is C21H19Cl2N3O2S. The molecule has 0 aromatic heterocycles. The highest BCUT2D eigenvalue weighted by atomic mass is 35.5. The van der Waals surface area contributed by atoms with Gasteiger partial charge in [-0.2, -0.15) is 5.10 Å². The van der Waals surface area contributed by atoms with Crippen molar-refractivity contribution in [1.29, 1.82) is 0 Å². The van der Waals surface area contributed by atoms with Crippen LogP contribution in [0.2, 0.25) is 10.0 Å². The monoisotopic (exact) mass is 447 g/mol. The zero-order valence-corrected chi connectivity index (χ0v) is 18.1. The van der Waals surface area contributed by atoms with E-state index in [1.165, 1.54) is 11.8 Å². The third kappa shape index (κ3) is 4.15. The number of nitrogens with one attached hydrogen (secondary N) is 1. The molecule has 5 nitrogen and oxygen atoms in total. The minimum atomic E-state index is -0.144. The standard InChI is InChI=1S/C21H19Cl2N3O2S/c1-12-20(24-25-21(28)29-12)14-7-8-18-13(10-14)4-3-9-26(18)19(27)11-15-16(22)5-2-6-17(15)23/h2,5-8,10,12H,3-4,9,11H2,1H3,(H,25,28). The maximum atomic E-state index is 13.0. The summed E-state index contributed by atoms with van der Waals surface area (Å²) in [6.45, 7) is 2.63. The van der Waals surface area contributed by atoms with Crippen LogP contribution in [-0.2, 0) is 17.6 Å². The first-order valence-electron chi connectivity index (χ1n) is 9.35. The molecule has 2 aliphatic heterocycles. The van der Waals surface area contributed by atoms with Gasteiger partial charge in [0.2, 0.25) is 5.91 Å². The molecule has 2 heterocycles. The van der Waals surface area contributed by atoms with Crippen molar-refractivity contribution in [3.63, 3.8) is 0 Å². The van der Waals surface area contributed by atoms with Gasteiger partial charge in [0.1, 0.15) is 0 Å². The van der Waals surface area contributed by atoms with E-state index in [1.807, 2.05) is 24.0 Å². The maximum absolute atomic E-state index is 13.0. The van der Waals surface area contributed by atoms with Crippen molar-refractivity contribution >= 4 is 57.5 Å². The maximum Gasteiger partial charge on any atom is 0.299 e. The Labute approximate surface area is 183 Å². The number of halogens is 2. The second-order valence-electron chi connectivity index (χ2n) is 7.03. The Kier molecular flexibility index (Phi) is 5.86. The van der Waals surface area contributed by atoms with Gasteiger partial charge in [-0.15, -0.1) is 0 Å². The van der Waals surface area contributed by atoms with E-state index in [2.05, 4.69) is 16.6 Å². The molecule has 150 valence electrons. The molecule has 0 bridgehead atoms. The Morgan fingerprint density at radius 2 is 2.03 bits per heavy atom. The molecule has 0 saturated carbocycles. The number of carbonyl (C=O) groups excluding carboxylic acids is 2. The summed E-state index contributed by atoms with van der Waals surface area (Å²) in [5.41, 5.74) is 7.00. The van der Waals surface area contributed by atoms with Gasteiger partial charge in [0.25, 0.3) is 5.24 Å². The SMILES string of the molecule is CC1SC(=O)NN=C1c1ccc2c(c1)CCCN2C(=O)Cc1c(Cl)cccc1Cl. The van der Waals surface area contributed by atoms with Crippen molar-refractivity contribution in [2.24, 2.45) is 5.10 Å². The van der Waals surface area contributed by atoms with Crippen molar-refractivity contribution < 1.29 is 9.59 Å². The summed E-state index contributed by atoms with van der Waals surface area (Å²) in [6.07, 6.45) is 1.93. The van der Waals surface area contributed by atoms with Crippen LogP contribution >= 0.6 is 35.0 Å². The quantitative estimate of drug-likeness (QED) is 0.714. The van der Waals surface area contributed by atoms with E-state index in [1.54, 1.807) is 18.2 Å². The summed E-state index contributed by atoms with van der Waals surface area (Å²) in [7, 11) is 0. The van der Waals surface area contributed by atoms with Gasteiger partial charge in [-0.1, -0.05) is 47.1 Å². The number of hydrogen-bond acceptors (Lipinski definition) is 4. The third-order valence-corrected chi connectivity index (χ3v) is 6.71. The van der Waals surface area contributed by atoms with Crippen molar-refractivity contribution in [2.75, 3.05) is 11.4 Å². The molecule has 29 heavy (non-hydrogen) atoms. The summed E-state index contributed by atoms with van der Waals surface area (Å²) in [5, 5.41) is 5.06. The van der Waals surface area contributed by atoms with Crippen molar-refractivity contribution in [3.8, 4) is 0 Å². The molecule has 1 atom stereocenters. The summed E-state index contributed by atoms with van der Waals surface area (Å²) < 4.78 is 0. The van der Waals surface area contributed by atoms with E-state index in [4.69, 9.17) is 23.2 Å². The van der Waals surface area contributed by atoms with Crippen LogP contribution in [0.15, 0.2) is 41.5 Å². The Balaban J connectivity index is 1.60. The van der Waals surface area contributed by atoms with Crippen LogP contribution in [0.25, 0.3) is 0 Å². The fraction of sp³-hybridized carbons (Fsp3) is 0.286. The second-order valence-corrected chi connectivity index (χ2v) is 9.15. The molecule has 0 aliphatic carbocycles. The van der Waals surface area contributed by atoms with E-state index in [0.717, 1.165) is 35.4 Å². The highest BCUT2D eigenvalue weighted by Crippen LogP contribution is 2.32. The molecule has 4 rings (SSSR count). The van der Waals surface area contributed by atoms with Crippen LogP contribution in [0.4, 0.5) is 10.5 Å². The molecule has 2 aliphatic rings. The van der Waals surface area contributed by atoms with Crippen molar-refractivity contribution in [1.82, 2.24) is 5.43 Å². The summed E-state index contributed by atoms with van der Waals surface area (Å²) in [5.74, 6) is -0.0279. The molecule has 1 unspecified atom stereocenters. The molecule has 2 amide bonds. The lowest BCUT2D eigenvalue weighted by Gasteiger charge is -2.30. The van der Waals surface area contributed by atoms with Crippen LogP contribution < -0.4 is 10.3 Å². The van der Waals surface area contributed by atoms with E-state index in [-0.39, 0.29) is 22.8 Å². The van der Waals surface area contributed by atoms with E-state index >= 15 is 0 Å². The van der Waals surface area contributed by atoms with E-state index in [9.17, 15) is 9.59 Å². The predicted molar refractivity (Wildman–Crippen MR) is 119 cm³/mol. The summed E-state index contributed by atoms with van der Waals surface area (Å²) in [6, 6.07) is 11.3. The highest BCUT2D eigenvalue weighted by Gasteiger charge is 2.27. The first kappa shape index (κ1) is 20.3. The Bertz CT molecular complexity index is 1000. The zero-order valence-electron chi connectivity index (χ0n) is 15.7. The van der Waals surface area contributed by atoms with E-state index in [0.29, 0.717) is 22.2 Å². The molecule has 0 saturated heterocycles. The highest BCUT2D eigenvalue weighted by molar-refractivity contribution is 8.14. The minimum Gasteiger partial charge on any atom is -0.312 e. The van der Waals surface area contributed by atoms with Gasteiger partial charge in [0, 0.05) is 22.3 Å². The number of hydrazone groups is 1. The van der Waals surface area contributed by atoms with Crippen LogP contribution in [0.3, 0.4) is 0 Å². The summed E-state index contributed by atoms with van der Waals surface area (Å²) in [4.78, 5) is 26.3. The number of anilines is 1. The number of thioether (sulfide) groups is 1. The number of aryl methyl sites for hydroxylation is 1. The lowest BCUT2D eigenvalue weighted by Crippen LogP contribution is -2.37. The van der Waals surface area contributed by atoms with Crippen LogP contribution in [0, 0.1) is 0 Å². The molecule has 8 heteroatoms. The average molecular weight is 448 g/mol. The van der Waals surface area contributed by atoms with Gasteiger partial charge >= 0.3 is 0 Å². The molecule has 2 aromatic carbocycles. The smallest absolute Gasteiger partial charge is 0.299 e. The van der Waals surface area contributed by atoms with Gasteiger partial charge in [-0.25, -0.2) is 5.43 Å².